The van der Waals surface area contributed by atoms with Crippen LogP contribution in [0.2, 0.25) is 5.02 Å². The van der Waals surface area contributed by atoms with Crippen molar-refractivity contribution in [3.63, 3.8) is 0 Å². The summed E-state index contributed by atoms with van der Waals surface area (Å²) in [4.78, 5) is 12.6. The van der Waals surface area contributed by atoms with Crippen LogP contribution >= 0.6 is 11.6 Å². The van der Waals surface area contributed by atoms with Crippen LogP contribution in [-0.4, -0.2) is 12.5 Å². The van der Waals surface area contributed by atoms with E-state index in [0.717, 1.165) is 5.56 Å². The lowest BCUT2D eigenvalue weighted by atomic mass is 10.0. The van der Waals surface area contributed by atoms with Gasteiger partial charge in [0.1, 0.15) is 23.2 Å². The Morgan fingerprint density at radius 2 is 1.91 bits per heavy atom. The molecule has 6 heteroatoms. The molecule has 0 saturated carbocycles. The normalized spacial score (nSPS) is 11.0. The van der Waals surface area contributed by atoms with Crippen molar-refractivity contribution in [2.24, 2.45) is 0 Å². The van der Waals surface area contributed by atoms with Crippen molar-refractivity contribution in [2.45, 2.75) is 20.3 Å². The highest BCUT2D eigenvalue weighted by atomic mass is 35.5. The van der Waals surface area contributed by atoms with Gasteiger partial charge in [0.25, 0.3) is 5.91 Å². The lowest BCUT2D eigenvalue weighted by molar-refractivity contribution is -0.112. The largest absolute Gasteiger partial charge is 0.494 e. The summed E-state index contributed by atoms with van der Waals surface area (Å²) in [5, 5.41) is 12.7. The molecule has 0 spiro atoms. The number of nitrogens with zero attached hydrogens (tertiary/aromatic N) is 1. The summed E-state index contributed by atoms with van der Waals surface area (Å²) in [7, 11) is 0. The molecule has 0 bridgehead atoms. The van der Waals surface area contributed by atoms with E-state index < -0.39 is 5.91 Å². The third kappa shape index (κ3) is 5.54. The molecular formula is C26H22ClFN2O2. The predicted octanol–water partition coefficient (Wildman–Crippen LogP) is 6.32. The monoisotopic (exact) mass is 448 g/mol. The second-order valence-corrected chi connectivity index (χ2v) is 7.53. The molecule has 0 aliphatic heterocycles. The summed E-state index contributed by atoms with van der Waals surface area (Å²) in [5.41, 5.74) is 3.11. The van der Waals surface area contributed by atoms with E-state index in [2.05, 4.69) is 5.32 Å². The molecule has 1 N–H and O–H groups in total. The second kappa shape index (κ2) is 10.6. The Labute approximate surface area is 191 Å². The van der Waals surface area contributed by atoms with Gasteiger partial charge in [0.2, 0.25) is 0 Å². The molecule has 3 aromatic carbocycles. The zero-order valence-electron chi connectivity index (χ0n) is 17.8. The molecule has 0 aromatic heterocycles. The average molecular weight is 449 g/mol. The molecule has 0 unspecified atom stereocenters. The summed E-state index contributed by atoms with van der Waals surface area (Å²) >= 11 is 6.51. The zero-order chi connectivity index (χ0) is 23.1. The van der Waals surface area contributed by atoms with Crippen molar-refractivity contribution >= 4 is 29.3 Å². The van der Waals surface area contributed by atoms with Gasteiger partial charge in [-0.1, -0.05) is 48.0 Å². The first-order chi connectivity index (χ1) is 15.4. The molecule has 0 fully saturated rings. The first kappa shape index (κ1) is 23.1. The molecule has 3 rings (SSSR count). The lowest BCUT2D eigenvalue weighted by Crippen LogP contribution is -2.14. The third-order valence-electron chi connectivity index (χ3n) is 4.87. The number of carbonyl (C=O) groups is 1. The second-order valence-electron chi connectivity index (χ2n) is 7.12. The van der Waals surface area contributed by atoms with Crippen molar-refractivity contribution in [2.75, 3.05) is 11.9 Å². The van der Waals surface area contributed by atoms with Crippen LogP contribution in [-0.2, 0) is 11.2 Å². The summed E-state index contributed by atoms with van der Waals surface area (Å²) in [6.45, 7) is 4.08. The number of ether oxygens (including phenoxy) is 1. The van der Waals surface area contributed by atoms with Crippen molar-refractivity contribution < 1.29 is 13.9 Å². The Balaban J connectivity index is 1.93. The van der Waals surface area contributed by atoms with Gasteiger partial charge in [0, 0.05) is 22.7 Å². The molecule has 0 atom stereocenters. The molecule has 0 saturated heterocycles. The van der Waals surface area contributed by atoms with Gasteiger partial charge >= 0.3 is 0 Å². The van der Waals surface area contributed by atoms with Crippen LogP contribution in [0.4, 0.5) is 10.1 Å². The predicted molar refractivity (Wildman–Crippen MR) is 125 cm³/mol. The van der Waals surface area contributed by atoms with Gasteiger partial charge in [0.05, 0.1) is 6.61 Å². The van der Waals surface area contributed by atoms with Crippen LogP contribution in [0.1, 0.15) is 29.2 Å². The Morgan fingerprint density at radius 3 is 2.59 bits per heavy atom. The molecular weight excluding hydrogens is 427 g/mol. The number of benzene rings is 3. The summed E-state index contributed by atoms with van der Waals surface area (Å²) in [6, 6.07) is 19.1. The highest BCUT2D eigenvalue weighted by Crippen LogP contribution is 2.32. The molecule has 3 aromatic rings. The number of hydrogen-bond donors (Lipinski definition) is 1. The summed E-state index contributed by atoms with van der Waals surface area (Å²) in [5.74, 6) is -0.368. The van der Waals surface area contributed by atoms with Gasteiger partial charge < -0.3 is 10.1 Å². The van der Waals surface area contributed by atoms with E-state index in [9.17, 15) is 14.4 Å². The average Bonchev–Trinajstić information content (AvgIpc) is 2.77. The number of hydrogen-bond acceptors (Lipinski definition) is 3. The van der Waals surface area contributed by atoms with E-state index in [1.165, 1.54) is 12.1 Å². The number of rotatable bonds is 7. The van der Waals surface area contributed by atoms with Gasteiger partial charge in [0.15, 0.2) is 0 Å². The van der Waals surface area contributed by atoms with Gasteiger partial charge in [-0.2, -0.15) is 5.26 Å². The number of amides is 1. The number of aryl methyl sites for hydroxylation is 1. The first-order valence-corrected chi connectivity index (χ1v) is 10.5. The number of nitrogens with one attached hydrogen (secondary N) is 1. The van der Waals surface area contributed by atoms with Crippen molar-refractivity contribution in [1.29, 1.82) is 5.26 Å². The van der Waals surface area contributed by atoms with E-state index in [0.29, 0.717) is 39.8 Å². The molecule has 0 aliphatic rings. The van der Waals surface area contributed by atoms with Gasteiger partial charge in [-0.3, -0.25) is 4.79 Å². The highest BCUT2D eigenvalue weighted by molar-refractivity contribution is 6.31. The Bertz CT molecular complexity index is 1210. The van der Waals surface area contributed by atoms with Crippen LogP contribution in [0.3, 0.4) is 0 Å². The maximum Gasteiger partial charge on any atom is 0.266 e. The minimum Gasteiger partial charge on any atom is -0.494 e. The number of anilines is 1. The maximum atomic E-state index is 14.1. The van der Waals surface area contributed by atoms with Gasteiger partial charge in [-0.05, 0) is 60.9 Å². The standard InChI is InChI=1S/C26H22ClFN2O2/c1-3-32-25-14-18(13-22(27)21(25)15-19-9-5-6-10-23(19)28)12-20(16-29)26(31)30-24-11-7-4-8-17(24)2/h4-14H,3,15H2,1-2H3,(H,30,31)/b20-12+. The van der Waals surface area contributed by atoms with Crippen LogP contribution in [0.25, 0.3) is 6.08 Å². The van der Waals surface area contributed by atoms with E-state index in [1.54, 1.807) is 42.5 Å². The van der Waals surface area contributed by atoms with Crippen molar-refractivity contribution in [1.82, 2.24) is 0 Å². The molecule has 0 heterocycles. The topological polar surface area (TPSA) is 62.1 Å². The lowest BCUT2D eigenvalue weighted by Gasteiger charge is -2.14. The Hall–Kier alpha value is -3.62. The number of para-hydroxylation sites is 1. The minimum absolute atomic E-state index is 0.0753. The van der Waals surface area contributed by atoms with Crippen LogP contribution in [0.5, 0.6) is 5.75 Å². The van der Waals surface area contributed by atoms with Crippen LogP contribution in [0.15, 0.2) is 66.2 Å². The van der Waals surface area contributed by atoms with Crippen LogP contribution < -0.4 is 10.1 Å². The quantitative estimate of drug-likeness (QED) is 0.339. The Kier molecular flexibility index (Phi) is 7.64. The van der Waals surface area contributed by atoms with E-state index >= 15 is 0 Å². The molecule has 162 valence electrons. The smallest absolute Gasteiger partial charge is 0.266 e. The molecule has 32 heavy (non-hydrogen) atoms. The molecule has 0 radical (unpaired) electrons. The number of carbonyl (C=O) groups excluding carboxylic acids is 1. The van der Waals surface area contributed by atoms with E-state index in [4.69, 9.17) is 16.3 Å². The first-order valence-electron chi connectivity index (χ1n) is 10.1. The molecule has 0 aliphatic carbocycles. The minimum atomic E-state index is -0.522. The zero-order valence-corrected chi connectivity index (χ0v) is 18.5. The van der Waals surface area contributed by atoms with Crippen molar-refractivity contribution in [3.8, 4) is 11.8 Å². The SMILES string of the molecule is CCOc1cc(/C=C(\C#N)C(=O)Nc2ccccc2C)cc(Cl)c1Cc1ccccc1F. The fraction of sp³-hybridized carbons (Fsp3) is 0.154. The fourth-order valence-electron chi connectivity index (χ4n) is 3.22. The van der Waals surface area contributed by atoms with E-state index in [-0.39, 0.29) is 17.8 Å². The fourth-order valence-corrected chi connectivity index (χ4v) is 3.51. The summed E-state index contributed by atoms with van der Waals surface area (Å²) in [6.07, 6.45) is 1.71. The number of halogens is 2. The number of nitriles is 1. The highest BCUT2D eigenvalue weighted by Gasteiger charge is 2.15. The van der Waals surface area contributed by atoms with Gasteiger partial charge in [-0.15, -0.1) is 0 Å². The van der Waals surface area contributed by atoms with E-state index in [1.807, 2.05) is 32.0 Å². The third-order valence-corrected chi connectivity index (χ3v) is 5.21. The molecule has 4 nitrogen and oxygen atoms in total. The summed E-state index contributed by atoms with van der Waals surface area (Å²) < 4.78 is 19.9. The van der Waals surface area contributed by atoms with Crippen molar-refractivity contribution in [3.05, 3.63) is 99.3 Å². The maximum absolute atomic E-state index is 14.1. The van der Waals surface area contributed by atoms with Gasteiger partial charge in [-0.25, -0.2) is 4.39 Å². The Morgan fingerprint density at radius 1 is 1.19 bits per heavy atom. The molecule has 1 amide bonds. The van der Waals surface area contributed by atoms with Crippen LogP contribution in [0, 0.1) is 24.1 Å².